The van der Waals surface area contributed by atoms with Crippen molar-refractivity contribution in [3.63, 3.8) is 0 Å². The van der Waals surface area contributed by atoms with Crippen molar-refractivity contribution < 1.29 is 9.84 Å². The Hall–Kier alpha value is -5.00. The molecule has 6 aromatic rings. The molecule has 0 saturated carbocycles. The van der Waals surface area contributed by atoms with Gasteiger partial charge < -0.3 is 20.5 Å². The molecule has 0 fully saturated rings. The van der Waals surface area contributed by atoms with Gasteiger partial charge in [-0.1, -0.05) is 42.5 Å². The van der Waals surface area contributed by atoms with E-state index in [-0.39, 0.29) is 5.75 Å². The predicted octanol–water partition coefficient (Wildman–Crippen LogP) is 7.58. The molecule has 0 aliphatic rings. The van der Waals surface area contributed by atoms with Crippen LogP contribution in [0.2, 0.25) is 0 Å². The summed E-state index contributed by atoms with van der Waals surface area (Å²) in [5.41, 5.74) is 3.90. The first-order valence-corrected chi connectivity index (χ1v) is 14.1. The second-order valence-electron chi connectivity index (χ2n) is 8.64. The number of rotatable bonds is 9. The highest BCUT2D eigenvalue weighted by molar-refractivity contribution is 8.01. The van der Waals surface area contributed by atoms with Crippen LogP contribution in [0, 0.1) is 0 Å². The summed E-state index contributed by atoms with van der Waals surface area (Å²) in [6, 6.07) is 30.5. The Morgan fingerprint density at radius 2 is 1.49 bits per heavy atom. The summed E-state index contributed by atoms with van der Waals surface area (Å²) >= 11 is 2.89. The Morgan fingerprint density at radius 1 is 0.805 bits per heavy atom. The van der Waals surface area contributed by atoms with Crippen molar-refractivity contribution in [1.29, 1.82) is 0 Å². The fraction of sp³-hybridized carbons (Fsp3) is 0.0333. The van der Waals surface area contributed by atoms with Crippen molar-refractivity contribution in [2.24, 2.45) is 4.99 Å². The number of aromatic nitrogens is 4. The van der Waals surface area contributed by atoms with Crippen LogP contribution in [0.4, 0.5) is 29.0 Å². The van der Waals surface area contributed by atoms with Crippen molar-refractivity contribution >= 4 is 68.5 Å². The molecule has 9 nitrogen and oxygen atoms in total. The second-order valence-corrected chi connectivity index (χ2v) is 10.9. The van der Waals surface area contributed by atoms with Crippen LogP contribution in [-0.4, -0.2) is 38.4 Å². The summed E-state index contributed by atoms with van der Waals surface area (Å²) in [7, 11) is 1.52. The average molecular weight is 578 g/mol. The third kappa shape index (κ3) is 6.43. The van der Waals surface area contributed by atoms with Gasteiger partial charge in [-0.05, 0) is 66.4 Å². The lowest BCUT2D eigenvalue weighted by atomic mass is 10.2. The average Bonchev–Trinajstić information content (AvgIpc) is 3.39. The number of ether oxygens (including phenoxy) is 1. The van der Waals surface area contributed by atoms with Gasteiger partial charge >= 0.3 is 0 Å². The Balaban J connectivity index is 1.26. The zero-order valence-electron chi connectivity index (χ0n) is 21.7. The predicted molar refractivity (Wildman–Crippen MR) is 165 cm³/mol. The lowest BCUT2D eigenvalue weighted by Crippen LogP contribution is -2.05. The molecular weight excluding hydrogens is 555 g/mol. The summed E-state index contributed by atoms with van der Waals surface area (Å²) in [6.45, 7) is 0. The number of hydrogen-bond donors (Lipinski definition) is 3. The molecule has 0 spiro atoms. The quantitative estimate of drug-likeness (QED) is 0.149. The highest BCUT2D eigenvalue weighted by atomic mass is 32.2. The normalized spacial score (nSPS) is 11.1. The van der Waals surface area contributed by atoms with E-state index in [4.69, 9.17) is 9.72 Å². The monoisotopic (exact) mass is 577 g/mol. The lowest BCUT2D eigenvalue weighted by Gasteiger charge is -2.09. The fourth-order valence-corrected chi connectivity index (χ4v) is 5.82. The lowest BCUT2D eigenvalue weighted by molar-refractivity contribution is 0.373. The summed E-state index contributed by atoms with van der Waals surface area (Å²) in [5, 5.41) is 17.3. The molecular formula is C30H23N7O2S2. The van der Waals surface area contributed by atoms with Crippen LogP contribution in [0.25, 0.3) is 10.2 Å². The molecule has 0 atom stereocenters. The number of anilines is 4. The van der Waals surface area contributed by atoms with Gasteiger partial charge in [0, 0.05) is 23.2 Å². The number of hydrogen-bond acceptors (Lipinski definition) is 11. The smallest absolute Gasteiger partial charge is 0.233 e. The summed E-state index contributed by atoms with van der Waals surface area (Å²) in [4.78, 5) is 23.1. The number of benzene rings is 4. The number of phenols is 1. The standard InChI is InChI=1S/C30H23N7O2S2/c1-39-24-14-8-9-19(26(24)38)18-31-22-15-16-23-25(17-22)40-30(34-23)41-29-36-27(32-20-10-4-2-5-11-20)35-28(37-29)33-21-12-6-3-7-13-21/h2-18,38H,1H3,(H2,32,33,35,36,37). The highest BCUT2D eigenvalue weighted by Crippen LogP contribution is 2.36. The van der Waals surface area contributed by atoms with Gasteiger partial charge in [-0.15, -0.1) is 11.3 Å². The molecule has 3 N–H and O–H groups in total. The van der Waals surface area contributed by atoms with E-state index in [9.17, 15) is 5.11 Å². The number of nitrogens with zero attached hydrogens (tertiary/aromatic N) is 5. The largest absolute Gasteiger partial charge is 0.504 e. The Labute approximate surface area is 244 Å². The molecule has 6 rings (SSSR count). The zero-order valence-corrected chi connectivity index (χ0v) is 23.4. The van der Waals surface area contributed by atoms with Crippen molar-refractivity contribution in [3.05, 3.63) is 103 Å². The van der Waals surface area contributed by atoms with Crippen molar-refractivity contribution in [1.82, 2.24) is 19.9 Å². The van der Waals surface area contributed by atoms with Crippen LogP contribution >= 0.6 is 23.1 Å². The van der Waals surface area contributed by atoms with E-state index in [0.29, 0.717) is 28.4 Å². The van der Waals surface area contributed by atoms with E-state index >= 15 is 0 Å². The number of phenolic OH excluding ortho intramolecular Hbond substituents is 1. The molecule has 0 amide bonds. The van der Waals surface area contributed by atoms with Crippen LogP contribution in [0.5, 0.6) is 11.5 Å². The van der Waals surface area contributed by atoms with Crippen LogP contribution < -0.4 is 15.4 Å². The first-order chi connectivity index (χ1) is 20.1. The van der Waals surface area contributed by atoms with E-state index in [2.05, 4.69) is 30.6 Å². The van der Waals surface area contributed by atoms with Gasteiger partial charge in [-0.2, -0.15) is 15.0 Å². The molecule has 0 aliphatic carbocycles. The molecule has 0 saturated heterocycles. The number of thiazole rings is 1. The molecule has 11 heteroatoms. The third-order valence-electron chi connectivity index (χ3n) is 5.81. The van der Waals surface area contributed by atoms with Gasteiger partial charge in [0.1, 0.15) is 0 Å². The van der Waals surface area contributed by atoms with E-state index in [1.165, 1.54) is 30.2 Å². The van der Waals surface area contributed by atoms with Gasteiger partial charge in [0.05, 0.1) is 23.0 Å². The SMILES string of the molecule is COc1cccc(C=Nc2ccc3nc(Sc4nc(Nc5ccccc5)nc(Nc5ccccc5)n4)sc3c2)c1O. The second kappa shape index (κ2) is 12.0. The van der Waals surface area contributed by atoms with Crippen LogP contribution in [0.1, 0.15) is 5.56 Å². The number of methoxy groups -OCH3 is 1. The molecule has 0 unspecified atom stereocenters. The first kappa shape index (κ1) is 26.2. The minimum absolute atomic E-state index is 0.0518. The molecule has 0 bridgehead atoms. The van der Waals surface area contributed by atoms with Crippen LogP contribution in [0.3, 0.4) is 0 Å². The van der Waals surface area contributed by atoms with Gasteiger partial charge in [0.25, 0.3) is 0 Å². The van der Waals surface area contributed by atoms with Crippen LogP contribution in [0.15, 0.2) is 112 Å². The number of para-hydroxylation sites is 3. The maximum atomic E-state index is 10.3. The summed E-state index contributed by atoms with van der Waals surface area (Å²) in [5.74, 6) is 1.29. The van der Waals surface area contributed by atoms with Crippen molar-refractivity contribution in [2.75, 3.05) is 17.7 Å². The minimum atomic E-state index is 0.0518. The molecule has 41 heavy (non-hydrogen) atoms. The first-order valence-electron chi connectivity index (χ1n) is 12.5. The van der Waals surface area contributed by atoms with Gasteiger partial charge in [0.15, 0.2) is 15.8 Å². The highest BCUT2D eigenvalue weighted by Gasteiger charge is 2.13. The molecule has 0 radical (unpaired) electrons. The van der Waals surface area contributed by atoms with E-state index in [1.807, 2.05) is 78.9 Å². The third-order valence-corrected chi connectivity index (χ3v) is 7.75. The molecule has 202 valence electrons. The maximum Gasteiger partial charge on any atom is 0.233 e. The van der Waals surface area contributed by atoms with Crippen LogP contribution in [-0.2, 0) is 0 Å². The van der Waals surface area contributed by atoms with Gasteiger partial charge in [-0.3, -0.25) is 4.99 Å². The number of nitrogens with one attached hydrogen (secondary N) is 2. The van der Waals surface area contributed by atoms with Crippen molar-refractivity contribution in [2.45, 2.75) is 9.50 Å². The van der Waals surface area contributed by atoms with E-state index in [0.717, 1.165) is 31.6 Å². The number of fused-ring (bicyclic) bond motifs is 1. The Kier molecular flexibility index (Phi) is 7.70. The number of aliphatic imine (C=N–C) groups is 1. The maximum absolute atomic E-state index is 10.3. The summed E-state index contributed by atoms with van der Waals surface area (Å²) in [6.07, 6.45) is 1.61. The zero-order chi connectivity index (χ0) is 28.0. The van der Waals surface area contributed by atoms with Gasteiger partial charge in [-0.25, -0.2) is 4.98 Å². The molecule has 2 heterocycles. The van der Waals surface area contributed by atoms with E-state index < -0.39 is 0 Å². The molecule has 4 aromatic carbocycles. The Morgan fingerprint density at radius 3 is 2.15 bits per heavy atom. The fourth-order valence-electron chi connectivity index (χ4n) is 3.86. The minimum Gasteiger partial charge on any atom is -0.504 e. The summed E-state index contributed by atoms with van der Waals surface area (Å²) < 4.78 is 6.93. The Bertz CT molecular complexity index is 1770. The van der Waals surface area contributed by atoms with Crippen molar-refractivity contribution in [3.8, 4) is 11.5 Å². The number of aromatic hydroxyl groups is 1. The van der Waals surface area contributed by atoms with Gasteiger partial charge in [0.2, 0.25) is 17.1 Å². The van der Waals surface area contributed by atoms with E-state index in [1.54, 1.807) is 24.4 Å². The molecule has 0 aliphatic heterocycles. The molecule has 2 aromatic heterocycles. The topological polar surface area (TPSA) is 117 Å².